The summed E-state index contributed by atoms with van der Waals surface area (Å²) in [6.45, 7) is 6.82. The molecule has 0 aromatic carbocycles. The number of halogens is 3. The zero-order chi connectivity index (χ0) is 17.1. The summed E-state index contributed by atoms with van der Waals surface area (Å²) in [5.74, 6) is -0.766. The van der Waals surface area contributed by atoms with Gasteiger partial charge in [0.05, 0.1) is 23.3 Å². The summed E-state index contributed by atoms with van der Waals surface area (Å²) in [4.78, 5) is 17.7. The van der Waals surface area contributed by atoms with Crippen LogP contribution in [0, 0.1) is 0 Å². The van der Waals surface area contributed by atoms with E-state index in [2.05, 4.69) is 15.2 Å². The fourth-order valence-corrected chi connectivity index (χ4v) is 2.55. The normalized spacial score (nSPS) is 18.7. The van der Waals surface area contributed by atoms with E-state index in [1.807, 2.05) is 13.8 Å². The summed E-state index contributed by atoms with van der Waals surface area (Å²) < 4.78 is 44.2. The molecule has 0 radical (unpaired) electrons. The number of carbonyl (C=O) groups is 1. The Morgan fingerprint density at radius 1 is 1.48 bits per heavy atom. The molecule has 0 atom stereocenters. The van der Waals surface area contributed by atoms with E-state index in [4.69, 9.17) is 4.74 Å². The Labute approximate surface area is 132 Å². The van der Waals surface area contributed by atoms with Gasteiger partial charge in [0.1, 0.15) is 0 Å². The van der Waals surface area contributed by atoms with Crippen LogP contribution in [0.3, 0.4) is 0 Å². The summed E-state index contributed by atoms with van der Waals surface area (Å²) >= 11 is 0. The lowest BCUT2D eigenvalue weighted by Crippen LogP contribution is -2.50. The van der Waals surface area contributed by atoms with Gasteiger partial charge >= 0.3 is 6.18 Å². The third-order valence-electron chi connectivity index (χ3n) is 3.59. The second-order valence-corrected chi connectivity index (χ2v) is 6.06. The van der Waals surface area contributed by atoms with Gasteiger partial charge in [-0.2, -0.15) is 13.2 Å². The van der Waals surface area contributed by atoms with E-state index >= 15 is 0 Å². The third kappa shape index (κ3) is 4.90. The molecule has 0 bridgehead atoms. The number of nitrogens with zero attached hydrogens (tertiary/aromatic N) is 2. The number of pyridine rings is 1. The second-order valence-electron chi connectivity index (χ2n) is 6.06. The SMILES string of the molecule is CC1(C)CN(CCNC(=O)c2cnccc2C(F)(F)F)CCO1. The first-order chi connectivity index (χ1) is 10.7. The van der Waals surface area contributed by atoms with Gasteiger partial charge in [0.25, 0.3) is 5.91 Å². The highest BCUT2D eigenvalue weighted by atomic mass is 19.4. The van der Waals surface area contributed by atoms with Gasteiger partial charge in [-0.3, -0.25) is 14.7 Å². The van der Waals surface area contributed by atoms with Crippen molar-refractivity contribution in [2.75, 3.05) is 32.8 Å². The maximum absolute atomic E-state index is 12.9. The summed E-state index contributed by atoms with van der Waals surface area (Å²) in [6.07, 6.45) is -2.62. The summed E-state index contributed by atoms with van der Waals surface area (Å²) in [5.41, 5.74) is -1.69. The van der Waals surface area contributed by atoms with Crippen molar-refractivity contribution in [3.8, 4) is 0 Å². The van der Waals surface area contributed by atoms with E-state index < -0.39 is 23.2 Å². The van der Waals surface area contributed by atoms with Gasteiger partial charge in [-0.15, -0.1) is 0 Å². The Morgan fingerprint density at radius 2 is 2.22 bits per heavy atom. The summed E-state index contributed by atoms with van der Waals surface area (Å²) in [5, 5.41) is 2.52. The number of amides is 1. The van der Waals surface area contributed by atoms with Crippen molar-refractivity contribution in [2.24, 2.45) is 0 Å². The first-order valence-electron chi connectivity index (χ1n) is 7.35. The van der Waals surface area contributed by atoms with Crippen molar-refractivity contribution in [3.63, 3.8) is 0 Å². The average molecular weight is 331 g/mol. The van der Waals surface area contributed by atoms with E-state index in [9.17, 15) is 18.0 Å². The Bertz CT molecular complexity index is 561. The van der Waals surface area contributed by atoms with E-state index in [1.165, 1.54) is 0 Å². The van der Waals surface area contributed by atoms with E-state index in [1.54, 1.807) is 0 Å². The predicted octanol–water partition coefficient (Wildman–Crippen LogP) is 1.94. The maximum atomic E-state index is 12.9. The molecule has 23 heavy (non-hydrogen) atoms. The van der Waals surface area contributed by atoms with E-state index in [0.717, 1.165) is 25.0 Å². The zero-order valence-electron chi connectivity index (χ0n) is 13.1. The molecule has 0 saturated carbocycles. The third-order valence-corrected chi connectivity index (χ3v) is 3.59. The molecule has 0 unspecified atom stereocenters. The van der Waals surface area contributed by atoms with Crippen LogP contribution in [-0.2, 0) is 10.9 Å². The number of carbonyl (C=O) groups excluding carboxylic acids is 1. The molecule has 5 nitrogen and oxygen atoms in total. The van der Waals surface area contributed by atoms with Gasteiger partial charge in [-0.1, -0.05) is 0 Å². The Morgan fingerprint density at radius 3 is 2.87 bits per heavy atom. The van der Waals surface area contributed by atoms with Gasteiger partial charge in [-0.05, 0) is 19.9 Å². The van der Waals surface area contributed by atoms with Crippen LogP contribution in [0.1, 0.15) is 29.8 Å². The van der Waals surface area contributed by atoms with Gasteiger partial charge in [-0.25, -0.2) is 0 Å². The molecule has 1 saturated heterocycles. The number of rotatable bonds is 4. The molecule has 0 aliphatic carbocycles. The number of hydrogen-bond donors (Lipinski definition) is 1. The molecule has 2 rings (SSSR count). The van der Waals surface area contributed by atoms with Crippen molar-refractivity contribution in [2.45, 2.75) is 25.6 Å². The van der Waals surface area contributed by atoms with Crippen LogP contribution < -0.4 is 5.32 Å². The quantitative estimate of drug-likeness (QED) is 0.916. The van der Waals surface area contributed by atoms with Crippen LogP contribution in [0.25, 0.3) is 0 Å². The molecule has 1 aromatic heterocycles. The first-order valence-corrected chi connectivity index (χ1v) is 7.35. The van der Waals surface area contributed by atoms with Crippen LogP contribution in [0.15, 0.2) is 18.5 Å². The zero-order valence-corrected chi connectivity index (χ0v) is 13.1. The highest BCUT2D eigenvalue weighted by Crippen LogP contribution is 2.31. The van der Waals surface area contributed by atoms with Crippen molar-refractivity contribution in [3.05, 3.63) is 29.6 Å². The van der Waals surface area contributed by atoms with Gasteiger partial charge in [0.2, 0.25) is 0 Å². The molecular formula is C15H20F3N3O2. The van der Waals surface area contributed by atoms with Gasteiger partial charge in [0.15, 0.2) is 0 Å². The average Bonchev–Trinajstić information content (AvgIpc) is 2.45. The van der Waals surface area contributed by atoms with Crippen molar-refractivity contribution in [1.82, 2.24) is 15.2 Å². The number of hydrogen-bond acceptors (Lipinski definition) is 4. The van der Waals surface area contributed by atoms with Crippen LogP contribution in [0.2, 0.25) is 0 Å². The van der Waals surface area contributed by atoms with Crippen LogP contribution in [0.4, 0.5) is 13.2 Å². The van der Waals surface area contributed by atoms with E-state index in [0.29, 0.717) is 19.7 Å². The highest BCUT2D eigenvalue weighted by molar-refractivity contribution is 5.95. The molecule has 1 N–H and O–H groups in total. The minimum Gasteiger partial charge on any atom is -0.373 e. The lowest BCUT2D eigenvalue weighted by atomic mass is 10.1. The lowest BCUT2D eigenvalue weighted by molar-refractivity contribution is -0.138. The molecule has 2 heterocycles. The molecule has 8 heteroatoms. The van der Waals surface area contributed by atoms with E-state index in [-0.39, 0.29) is 12.1 Å². The fraction of sp³-hybridized carbons (Fsp3) is 0.600. The highest BCUT2D eigenvalue weighted by Gasteiger charge is 2.35. The molecule has 1 aromatic rings. The molecule has 1 fully saturated rings. The minimum absolute atomic E-state index is 0.255. The van der Waals surface area contributed by atoms with Crippen molar-refractivity contribution in [1.29, 1.82) is 0 Å². The number of ether oxygens (including phenoxy) is 1. The topological polar surface area (TPSA) is 54.5 Å². The number of nitrogens with one attached hydrogen (secondary N) is 1. The first kappa shape index (κ1) is 17.7. The number of morpholine rings is 1. The Hall–Kier alpha value is -1.67. The maximum Gasteiger partial charge on any atom is 0.417 e. The van der Waals surface area contributed by atoms with Crippen LogP contribution in [0.5, 0.6) is 0 Å². The fourth-order valence-electron chi connectivity index (χ4n) is 2.55. The molecule has 128 valence electrons. The smallest absolute Gasteiger partial charge is 0.373 e. The second kappa shape index (κ2) is 6.84. The van der Waals surface area contributed by atoms with Crippen molar-refractivity contribution < 1.29 is 22.7 Å². The van der Waals surface area contributed by atoms with Gasteiger partial charge in [0, 0.05) is 38.6 Å². The summed E-state index contributed by atoms with van der Waals surface area (Å²) in [6, 6.07) is 0.805. The van der Waals surface area contributed by atoms with Crippen molar-refractivity contribution >= 4 is 5.91 Å². The Kier molecular flexibility index (Phi) is 5.26. The lowest BCUT2D eigenvalue weighted by Gasteiger charge is -2.38. The van der Waals surface area contributed by atoms with Crippen LogP contribution in [-0.4, -0.2) is 54.2 Å². The number of aromatic nitrogens is 1. The number of alkyl halides is 3. The Balaban J connectivity index is 1.91. The molecular weight excluding hydrogens is 311 g/mol. The molecule has 1 amide bonds. The minimum atomic E-state index is -4.58. The van der Waals surface area contributed by atoms with Crippen LogP contribution >= 0.6 is 0 Å². The predicted molar refractivity (Wildman–Crippen MR) is 78.0 cm³/mol. The standard InChI is InChI=1S/C15H20F3N3O2/c1-14(2)10-21(7-8-23-14)6-5-20-13(22)11-9-19-4-3-12(11)15(16,17)18/h3-4,9H,5-8,10H2,1-2H3,(H,20,22). The molecule has 1 aliphatic rings. The van der Waals surface area contributed by atoms with Gasteiger partial charge < -0.3 is 10.1 Å². The monoisotopic (exact) mass is 331 g/mol. The molecule has 0 spiro atoms. The molecule has 1 aliphatic heterocycles. The summed E-state index contributed by atoms with van der Waals surface area (Å²) in [7, 11) is 0. The largest absolute Gasteiger partial charge is 0.417 e.